The van der Waals surface area contributed by atoms with Gasteiger partial charge in [-0.15, -0.1) is 0 Å². The fourth-order valence-electron chi connectivity index (χ4n) is 1.86. The highest BCUT2D eigenvalue weighted by Crippen LogP contribution is 2.11. The number of anilines is 1. The second-order valence-electron chi connectivity index (χ2n) is 4.43. The molecule has 5 nitrogen and oxygen atoms in total. The molecule has 2 N–H and O–H groups in total. The first-order valence-corrected chi connectivity index (χ1v) is 6.56. The van der Waals surface area contributed by atoms with E-state index >= 15 is 0 Å². The molecular weight excluding hydrogens is 254 g/mol. The molecule has 0 spiro atoms. The van der Waals surface area contributed by atoms with Crippen molar-refractivity contribution in [1.82, 2.24) is 9.97 Å². The molecule has 5 heteroatoms. The van der Waals surface area contributed by atoms with Crippen LogP contribution in [0, 0.1) is 0 Å². The van der Waals surface area contributed by atoms with E-state index in [0.717, 1.165) is 17.7 Å². The summed E-state index contributed by atoms with van der Waals surface area (Å²) < 4.78 is 0. The van der Waals surface area contributed by atoms with Gasteiger partial charge in [0.05, 0.1) is 5.56 Å². The number of nitrogens with zero attached hydrogens (tertiary/aromatic N) is 2. The third-order valence-corrected chi connectivity index (χ3v) is 2.93. The van der Waals surface area contributed by atoms with Crippen molar-refractivity contribution in [2.75, 3.05) is 11.9 Å². The van der Waals surface area contributed by atoms with Gasteiger partial charge >= 0.3 is 5.97 Å². The van der Waals surface area contributed by atoms with Gasteiger partial charge in [0, 0.05) is 24.6 Å². The lowest BCUT2D eigenvalue weighted by molar-refractivity contribution is 0.0696. The highest BCUT2D eigenvalue weighted by molar-refractivity contribution is 5.88. The number of hydrogen-bond acceptors (Lipinski definition) is 4. The highest BCUT2D eigenvalue weighted by atomic mass is 16.4. The average Bonchev–Trinajstić information content (AvgIpc) is 2.48. The topological polar surface area (TPSA) is 75.1 Å². The summed E-state index contributed by atoms with van der Waals surface area (Å²) in [4.78, 5) is 19.5. The Labute approximate surface area is 117 Å². The van der Waals surface area contributed by atoms with Gasteiger partial charge in [0.25, 0.3) is 0 Å². The summed E-state index contributed by atoms with van der Waals surface area (Å²) in [6.07, 6.45) is 5.08. The molecule has 2 aromatic heterocycles. The second-order valence-corrected chi connectivity index (χ2v) is 4.43. The van der Waals surface area contributed by atoms with E-state index in [0.29, 0.717) is 18.8 Å². The molecule has 0 saturated carbocycles. The van der Waals surface area contributed by atoms with Gasteiger partial charge in [-0.05, 0) is 36.6 Å². The average molecular weight is 271 g/mol. The zero-order valence-corrected chi connectivity index (χ0v) is 11.3. The van der Waals surface area contributed by atoms with Crippen molar-refractivity contribution in [3.05, 3.63) is 53.5 Å². The summed E-state index contributed by atoms with van der Waals surface area (Å²) in [5, 5.41) is 12.2. The van der Waals surface area contributed by atoms with Crippen molar-refractivity contribution >= 4 is 11.8 Å². The van der Waals surface area contributed by atoms with E-state index in [2.05, 4.69) is 15.3 Å². The first kappa shape index (κ1) is 14.0. The van der Waals surface area contributed by atoms with E-state index in [-0.39, 0.29) is 5.56 Å². The lowest BCUT2D eigenvalue weighted by Crippen LogP contribution is -2.09. The highest BCUT2D eigenvalue weighted by Gasteiger charge is 2.07. The van der Waals surface area contributed by atoms with Gasteiger partial charge in [-0.25, -0.2) is 9.78 Å². The lowest BCUT2D eigenvalue weighted by atomic mass is 10.2. The fourth-order valence-corrected chi connectivity index (χ4v) is 1.86. The molecule has 2 heterocycles. The van der Waals surface area contributed by atoms with Crippen LogP contribution < -0.4 is 5.32 Å². The summed E-state index contributed by atoms with van der Waals surface area (Å²) >= 11 is 0. The quantitative estimate of drug-likeness (QED) is 0.843. The Morgan fingerprint density at radius 2 is 2.25 bits per heavy atom. The standard InChI is InChI=1S/C15H17N3O2/c1-2-13-8-12(15(19)20)9-14(18-13)17-7-5-11-4-3-6-16-10-11/h3-4,6,8-10H,2,5,7H2,1H3,(H,17,18)(H,19,20). The van der Waals surface area contributed by atoms with Gasteiger partial charge in [-0.2, -0.15) is 0 Å². The number of carboxylic acid groups (broad SMARTS) is 1. The Balaban J connectivity index is 2.02. The maximum absolute atomic E-state index is 11.1. The SMILES string of the molecule is CCc1cc(C(=O)O)cc(NCCc2cccnc2)n1. The van der Waals surface area contributed by atoms with Crippen LogP contribution in [-0.2, 0) is 12.8 Å². The first-order valence-electron chi connectivity index (χ1n) is 6.56. The third kappa shape index (κ3) is 3.78. The van der Waals surface area contributed by atoms with Crippen molar-refractivity contribution in [3.63, 3.8) is 0 Å². The van der Waals surface area contributed by atoms with E-state index in [1.807, 2.05) is 25.3 Å². The van der Waals surface area contributed by atoms with Crippen LogP contribution in [0.2, 0.25) is 0 Å². The molecule has 0 radical (unpaired) electrons. The van der Waals surface area contributed by atoms with Gasteiger partial charge in [0.2, 0.25) is 0 Å². The number of aromatic nitrogens is 2. The van der Waals surface area contributed by atoms with Gasteiger partial charge < -0.3 is 10.4 Å². The molecule has 0 atom stereocenters. The van der Waals surface area contributed by atoms with Crippen molar-refractivity contribution in [2.45, 2.75) is 19.8 Å². The normalized spacial score (nSPS) is 10.2. The van der Waals surface area contributed by atoms with Gasteiger partial charge in [0.15, 0.2) is 0 Å². The predicted octanol–water partition coefficient (Wildman–Crippen LogP) is 2.39. The van der Waals surface area contributed by atoms with Gasteiger partial charge in [0.1, 0.15) is 5.82 Å². The third-order valence-electron chi connectivity index (χ3n) is 2.93. The number of aromatic carboxylic acids is 1. The second kappa shape index (κ2) is 6.65. The molecule has 0 aliphatic heterocycles. The van der Waals surface area contributed by atoms with Crippen LogP contribution in [0.25, 0.3) is 0 Å². The Morgan fingerprint density at radius 1 is 1.40 bits per heavy atom. The predicted molar refractivity (Wildman–Crippen MR) is 77.0 cm³/mol. The molecule has 2 rings (SSSR count). The Hall–Kier alpha value is -2.43. The number of hydrogen-bond donors (Lipinski definition) is 2. The van der Waals surface area contributed by atoms with E-state index in [9.17, 15) is 4.79 Å². The van der Waals surface area contributed by atoms with Crippen LogP contribution >= 0.6 is 0 Å². The van der Waals surface area contributed by atoms with Crippen molar-refractivity contribution in [2.24, 2.45) is 0 Å². The van der Waals surface area contributed by atoms with Crippen molar-refractivity contribution in [3.8, 4) is 0 Å². The Morgan fingerprint density at radius 3 is 2.90 bits per heavy atom. The number of carboxylic acids is 1. The number of aryl methyl sites for hydroxylation is 1. The maximum atomic E-state index is 11.1. The summed E-state index contributed by atoms with van der Waals surface area (Å²) in [6, 6.07) is 7.07. The zero-order valence-electron chi connectivity index (χ0n) is 11.3. The van der Waals surface area contributed by atoms with Crippen LogP contribution in [0.3, 0.4) is 0 Å². The summed E-state index contributed by atoms with van der Waals surface area (Å²) in [5.41, 5.74) is 2.17. The van der Waals surface area contributed by atoms with Crippen LogP contribution in [-0.4, -0.2) is 27.6 Å². The van der Waals surface area contributed by atoms with Crippen molar-refractivity contribution in [1.29, 1.82) is 0 Å². The molecule has 0 amide bonds. The number of rotatable bonds is 6. The van der Waals surface area contributed by atoms with E-state index < -0.39 is 5.97 Å². The number of nitrogens with one attached hydrogen (secondary N) is 1. The molecule has 0 unspecified atom stereocenters. The minimum Gasteiger partial charge on any atom is -0.478 e. The van der Waals surface area contributed by atoms with E-state index in [1.54, 1.807) is 18.3 Å². The maximum Gasteiger partial charge on any atom is 0.335 e. The minimum atomic E-state index is -0.933. The largest absolute Gasteiger partial charge is 0.478 e. The first-order chi connectivity index (χ1) is 9.69. The van der Waals surface area contributed by atoms with Crippen LogP contribution in [0.15, 0.2) is 36.7 Å². The van der Waals surface area contributed by atoms with Crippen LogP contribution in [0.5, 0.6) is 0 Å². The smallest absolute Gasteiger partial charge is 0.335 e. The number of pyridine rings is 2. The molecule has 0 aliphatic rings. The molecule has 20 heavy (non-hydrogen) atoms. The Bertz CT molecular complexity index is 585. The van der Waals surface area contributed by atoms with Gasteiger partial charge in [-0.3, -0.25) is 4.98 Å². The molecule has 0 saturated heterocycles. The molecule has 0 bridgehead atoms. The number of carbonyl (C=O) groups is 1. The molecule has 0 aliphatic carbocycles. The fraction of sp³-hybridized carbons (Fsp3) is 0.267. The Kier molecular flexibility index (Phi) is 4.65. The van der Waals surface area contributed by atoms with E-state index in [1.165, 1.54) is 0 Å². The zero-order chi connectivity index (χ0) is 14.4. The summed E-state index contributed by atoms with van der Waals surface area (Å²) in [6.45, 7) is 2.64. The molecule has 104 valence electrons. The van der Waals surface area contributed by atoms with Crippen LogP contribution in [0.1, 0.15) is 28.5 Å². The molecular formula is C15H17N3O2. The molecule has 0 aromatic carbocycles. The summed E-state index contributed by atoms with van der Waals surface area (Å²) in [5.74, 6) is -0.331. The van der Waals surface area contributed by atoms with Crippen molar-refractivity contribution < 1.29 is 9.90 Å². The molecule has 2 aromatic rings. The van der Waals surface area contributed by atoms with E-state index in [4.69, 9.17) is 5.11 Å². The minimum absolute atomic E-state index is 0.265. The lowest BCUT2D eigenvalue weighted by Gasteiger charge is -2.08. The van der Waals surface area contributed by atoms with Gasteiger partial charge in [-0.1, -0.05) is 13.0 Å². The van der Waals surface area contributed by atoms with Crippen LogP contribution in [0.4, 0.5) is 5.82 Å². The molecule has 0 fully saturated rings. The monoisotopic (exact) mass is 271 g/mol. The summed E-state index contributed by atoms with van der Waals surface area (Å²) in [7, 11) is 0.